The highest BCUT2D eigenvalue weighted by atomic mass is 16.3. The molecule has 0 radical (unpaired) electrons. The van der Waals surface area contributed by atoms with Crippen LogP contribution in [0.3, 0.4) is 0 Å². The number of rotatable bonds is 1. The topological polar surface area (TPSA) is 57.5 Å². The van der Waals surface area contributed by atoms with Crippen molar-refractivity contribution >= 4 is 5.78 Å². The van der Waals surface area contributed by atoms with Gasteiger partial charge in [0, 0.05) is 11.8 Å². The van der Waals surface area contributed by atoms with Gasteiger partial charge >= 0.3 is 0 Å². The standard InChI is InChI=1S/C20H30O3/c1-12-13-4-5-15-18(2)8-7-16(22)19(3,11-21)14(18)6-9-20(15,10-13)17(12)23/h13-15,17,21,23H,1,4-11H2,2-3H3/t13-,14+,15+,17-,18-,19-,20-/m1/s1. The van der Waals surface area contributed by atoms with Gasteiger partial charge in [-0.25, -0.2) is 0 Å². The van der Waals surface area contributed by atoms with Gasteiger partial charge in [-0.1, -0.05) is 20.4 Å². The molecule has 3 nitrogen and oxygen atoms in total. The van der Waals surface area contributed by atoms with Gasteiger partial charge in [-0.05, 0) is 67.3 Å². The van der Waals surface area contributed by atoms with E-state index in [-0.39, 0.29) is 35.2 Å². The normalized spacial score (nSPS) is 55.5. The summed E-state index contributed by atoms with van der Waals surface area (Å²) in [7, 11) is 0. The minimum Gasteiger partial charge on any atom is -0.395 e. The Kier molecular flexibility index (Phi) is 3.23. The summed E-state index contributed by atoms with van der Waals surface area (Å²) >= 11 is 0. The average molecular weight is 318 g/mol. The second kappa shape index (κ2) is 4.70. The molecular formula is C20H30O3. The lowest BCUT2D eigenvalue weighted by atomic mass is 9.40. The second-order valence-electron chi connectivity index (χ2n) is 9.34. The summed E-state index contributed by atoms with van der Waals surface area (Å²) in [5.74, 6) is 1.44. The first-order valence-electron chi connectivity index (χ1n) is 9.30. The molecule has 1 spiro atoms. The quantitative estimate of drug-likeness (QED) is 0.731. The molecule has 0 saturated heterocycles. The Hall–Kier alpha value is -0.670. The molecule has 2 bridgehead atoms. The zero-order valence-electron chi connectivity index (χ0n) is 14.5. The van der Waals surface area contributed by atoms with Gasteiger partial charge in [-0.3, -0.25) is 4.79 Å². The fourth-order valence-corrected chi connectivity index (χ4v) is 7.41. The van der Waals surface area contributed by atoms with E-state index in [2.05, 4.69) is 13.5 Å². The van der Waals surface area contributed by atoms with Gasteiger partial charge in [0.25, 0.3) is 0 Å². The summed E-state index contributed by atoms with van der Waals surface area (Å²) in [6.07, 6.45) is 6.43. The van der Waals surface area contributed by atoms with E-state index in [9.17, 15) is 15.0 Å². The molecule has 0 aromatic carbocycles. The maximum Gasteiger partial charge on any atom is 0.141 e. The van der Waals surface area contributed by atoms with E-state index < -0.39 is 5.41 Å². The van der Waals surface area contributed by atoms with E-state index >= 15 is 0 Å². The lowest BCUT2D eigenvalue weighted by molar-refractivity contribution is -0.184. The van der Waals surface area contributed by atoms with Gasteiger partial charge < -0.3 is 10.2 Å². The van der Waals surface area contributed by atoms with E-state index in [0.717, 1.165) is 44.1 Å². The third-order valence-corrected chi connectivity index (χ3v) is 8.66. The molecule has 3 heteroatoms. The number of carbonyl (C=O) groups is 1. The highest BCUT2D eigenvalue weighted by Crippen LogP contribution is 2.71. The third-order valence-electron chi connectivity index (χ3n) is 8.66. The van der Waals surface area contributed by atoms with Gasteiger partial charge in [0.2, 0.25) is 0 Å². The molecule has 4 aliphatic rings. The van der Waals surface area contributed by atoms with Gasteiger partial charge in [-0.2, -0.15) is 0 Å². The third kappa shape index (κ3) is 1.71. The summed E-state index contributed by atoms with van der Waals surface area (Å²) in [6.45, 7) is 8.49. The van der Waals surface area contributed by atoms with E-state index in [1.54, 1.807) is 0 Å². The number of fused-ring (bicyclic) bond motifs is 3. The number of hydrogen-bond acceptors (Lipinski definition) is 3. The fourth-order valence-electron chi connectivity index (χ4n) is 7.41. The van der Waals surface area contributed by atoms with Gasteiger partial charge in [-0.15, -0.1) is 0 Å². The van der Waals surface area contributed by atoms with Crippen LogP contribution in [0.2, 0.25) is 0 Å². The number of aliphatic hydroxyl groups excluding tert-OH is 2. The summed E-state index contributed by atoms with van der Waals surface area (Å²) < 4.78 is 0. The number of hydrogen-bond donors (Lipinski definition) is 2. The predicted octanol–water partition coefficient (Wildman–Crippen LogP) is 3.10. The van der Waals surface area contributed by atoms with Gasteiger partial charge in [0.1, 0.15) is 5.78 Å². The van der Waals surface area contributed by atoms with Gasteiger partial charge in [0.15, 0.2) is 0 Å². The Morgan fingerprint density at radius 1 is 1.17 bits per heavy atom. The summed E-state index contributed by atoms with van der Waals surface area (Å²) in [5.41, 5.74) is 0.514. The monoisotopic (exact) mass is 318 g/mol. The molecule has 0 aliphatic heterocycles. The van der Waals surface area contributed by atoms with Crippen LogP contribution in [0.15, 0.2) is 12.2 Å². The van der Waals surface area contributed by atoms with Crippen LogP contribution in [-0.2, 0) is 4.79 Å². The van der Waals surface area contributed by atoms with Crippen molar-refractivity contribution in [2.24, 2.45) is 34.0 Å². The molecule has 2 N–H and O–H groups in total. The zero-order chi connectivity index (χ0) is 16.6. The molecule has 4 rings (SSSR count). The van der Waals surface area contributed by atoms with Crippen molar-refractivity contribution in [3.05, 3.63) is 12.2 Å². The minimum absolute atomic E-state index is 0.0119. The highest BCUT2D eigenvalue weighted by Gasteiger charge is 2.67. The van der Waals surface area contributed by atoms with E-state index in [1.807, 2.05) is 6.92 Å². The molecule has 4 fully saturated rings. The maximum atomic E-state index is 12.6. The summed E-state index contributed by atoms with van der Waals surface area (Å²) in [6, 6.07) is 0. The van der Waals surface area contributed by atoms with Crippen molar-refractivity contribution in [1.29, 1.82) is 0 Å². The van der Waals surface area contributed by atoms with Crippen LogP contribution in [0.1, 0.15) is 58.8 Å². The van der Waals surface area contributed by atoms with Crippen LogP contribution in [0, 0.1) is 34.0 Å². The van der Waals surface area contributed by atoms with E-state index in [4.69, 9.17) is 0 Å². The van der Waals surface area contributed by atoms with Crippen molar-refractivity contribution in [1.82, 2.24) is 0 Å². The number of aliphatic hydroxyl groups is 2. The molecule has 0 aromatic rings. The zero-order valence-corrected chi connectivity index (χ0v) is 14.5. The van der Waals surface area contributed by atoms with Crippen LogP contribution in [0.4, 0.5) is 0 Å². The highest BCUT2D eigenvalue weighted by molar-refractivity contribution is 5.86. The molecule has 0 unspecified atom stereocenters. The largest absolute Gasteiger partial charge is 0.395 e. The first-order chi connectivity index (χ1) is 10.8. The van der Waals surface area contributed by atoms with Gasteiger partial charge in [0.05, 0.1) is 18.1 Å². The Morgan fingerprint density at radius 3 is 2.61 bits per heavy atom. The van der Waals surface area contributed by atoms with Crippen molar-refractivity contribution in [3.63, 3.8) is 0 Å². The summed E-state index contributed by atoms with van der Waals surface area (Å²) in [5, 5.41) is 21.0. The Morgan fingerprint density at radius 2 is 1.91 bits per heavy atom. The van der Waals surface area contributed by atoms with E-state index in [0.29, 0.717) is 18.3 Å². The van der Waals surface area contributed by atoms with Crippen LogP contribution >= 0.6 is 0 Å². The Balaban J connectivity index is 1.78. The van der Waals surface area contributed by atoms with Crippen LogP contribution in [0.25, 0.3) is 0 Å². The van der Waals surface area contributed by atoms with Crippen molar-refractivity contribution < 1.29 is 15.0 Å². The molecular weight excluding hydrogens is 288 g/mol. The minimum atomic E-state index is -0.591. The lowest BCUT2D eigenvalue weighted by Gasteiger charge is -2.63. The smallest absolute Gasteiger partial charge is 0.141 e. The maximum absolute atomic E-state index is 12.6. The summed E-state index contributed by atoms with van der Waals surface area (Å²) in [4.78, 5) is 12.6. The number of Topliss-reactive ketones (excluding diaryl/α,β-unsaturated/α-hetero) is 1. The second-order valence-corrected chi connectivity index (χ2v) is 9.34. The van der Waals surface area contributed by atoms with Crippen molar-refractivity contribution in [2.75, 3.05) is 6.61 Å². The SMILES string of the molecule is C=C1[C@@H]2CC[C@H]3[C@]4(C)CCC(=O)[C@](C)(CO)[C@H]4CC[C@]3(C2)[C@@H]1O. The molecule has 0 amide bonds. The first-order valence-corrected chi connectivity index (χ1v) is 9.30. The van der Waals surface area contributed by atoms with Crippen molar-refractivity contribution in [3.8, 4) is 0 Å². The lowest BCUT2D eigenvalue weighted by Crippen LogP contribution is -2.61. The van der Waals surface area contributed by atoms with E-state index in [1.165, 1.54) is 0 Å². The van der Waals surface area contributed by atoms with Crippen molar-refractivity contribution in [2.45, 2.75) is 64.9 Å². The Labute approximate surface area is 139 Å². The molecule has 128 valence electrons. The average Bonchev–Trinajstić information content (AvgIpc) is 2.72. The Bertz CT molecular complexity index is 569. The fraction of sp³-hybridized carbons (Fsp3) is 0.850. The molecule has 4 aliphatic carbocycles. The molecule has 7 atom stereocenters. The molecule has 4 saturated carbocycles. The predicted molar refractivity (Wildman–Crippen MR) is 88.7 cm³/mol. The molecule has 23 heavy (non-hydrogen) atoms. The van der Waals surface area contributed by atoms with Crippen LogP contribution in [0.5, 0.6) is 0 Å². The molecule has 0 heterocycles. The molecule has 0 aromatic heterocycles. The first kappa shape index (κ1) is 15.8. The van der Waals surface area contributed by atoms with Crippen LogP contribution in [-0.4, -0.2) is 28.7 Å². The number of ketones is 1. The van der Waals surface area contributed by atoms with Crippen LogP contribution < -0.4 is 0 Å². The number of carbonyl (C=O) groups excluding carboxylic acids is 1.